The molecule has 3 aliphatic rings. The average molecular weight is 257 g/mol. The predicted molar refractivity (Wildman–Crippen MR) is 75.8 cm³/mol. The van der Waals surface area contributed by atoms with E-state index in [1.807, 2.05) is 6.07 Å². The standard InChI is InChI=1S/C16H23N3/c17-15-9-14(11-3-1-2-4-11)18-16(19-15)13-8-10-5-6-12(13)7-10/h9-13H,1-8H2,(H2,17,18,19). The highest BCUT2D eigenvalue weighted by molar-refractivity contribution is 5.33. The van der Waals surface area contributed by atoms with Gasteiger partial charge in [0, 0.05) is 23.6 Å². The number of nitrogen functional groups attached to an aromatic ring is 1. The molecule has 4 rings (SSSR count). The molecule has 0 aromatic carbocycles. The molecule has 0 amide bonds. The zero-order valence-electron chi connectivity index (χ0n) is 11.5. The molecule has 3 aliphatic carbocycles. The molecule has 19 heavy (non-hydrogen) atoms. The molecule has 102 valence electrons. The Balaban J connectivity index is 1.64. The van der Waals surface area contributed by atoms with Crippen molar-refractivity contribution in [3.8, 4) is 0 Å². The largest absolute Gasteiger partial charge is 0.384 e. The van der Waals surface area contributed by atoms with E-state index in [4.69, 9.17) is 10.7 Å². The molecular weight excluding hydrogens is 234 g/mol. The fourth-order valence-corrected chi connectivity index (χ4v) is 4.66. The number of rotatable bonds is 2. The topological polar surface area (TPSA) is 51.8 Å². The molecule has 0 aliphatic heterocycles. The maximum atomic E-state index is 6.04. The van der Waals surface area contributed by atoms with Crippen LogP contribution in [0, 0.1) is 11.8 Å². The van der Waals surface area contributed by atoms with Crippen LogP contribution in [0.3, 0.4) is 0 Å². The first-order valence-electron chi connectivity index (χ1n) is 7.94. The van der Waals surface area contributed by atoms with Crippen LogP contribution in [-0.2, 0) is 0 Å². The Bertz CT molecular complexity index is 479. The minimum atomic E-state index is 0.599. The van der Waals surface area contributed by atoms with E-state index in [2.05, 4.69) is 4.98 Å². The van der Waals surface area contributed by atoms with Crippen molar-refractivity contribution < 1.29 is 0 Å². The first-order chi connectivity index (χ1) is 9.29. The van der Waals surface area contributed by atoms with Crippen LogP contribution in [0.5, 0.6) is 0 Å². The minimum Gasteiger partial charge on any atom is -0.384 e. The van der Waals surface area contributed by atoms with E-state index in [9.17, 15) is 0 Å². The third-order valence-corrected chi connectivity index (χ3v) is 5.63. The quantitative estimate of drug-likeness (QED) is 0.880. The molecule has 3 unspecified atom stereocenters. The second-order valence-electron chi connectivity index (χ2n) is 6.84. The zero-order chi connectivity index (χ0) is 12.8. The summed E-state index contributed by atoms with van der Waals surface area (Å²) in [6, 6.07) is 2.02. The number of hydrogen-bond acceptors (Lipinski definition) is 3. The SMILES string of the molecule is Nc1cc(C2CCCC2)nc(C2CC3CCC2C3)n1. The van der Waals surface area contributed by atoms with E-state index in [0.29, 0.717) is 17.7 Å². The zero-order valence-corrected chi connectivity index (χ0v) is 11.5. The van der Waals surface area contributed by atoms with Crippen LogP contribution in [0.2, 0.25) is 0 Å². The maximum absolute atomic E-state index is 6.04. The van der Waals surface area contributed by atoms with Crippen molar-refractivity contribution in [3.05, 3.63) is 17.6 Å². The van der Waals surface area contributed by atoms with Gasteiger partial charge < -0.3 is 5.73 Å². The lowest BCUT2D eigenvalue weighted by Gasteiger charge is -2.21. The second kappa shape index (κ2) is 4.46. The maximum Gasteiger partial charge on any atom is 0.134 e. The van der Waals surface area contributed by atoms with Crippen LogP contribution in [0.15, 0.2) is 6.07 Å². The molecule has 2 N–H and O–H groups in total. The number of anilines is 1. The predicted octanol–water partition coefficient (Wildman–Crippen LogP) is 3.62. The number of nitrogens with zero attached hydrogens (tertiary/aromatic N) is 2. The van der Waals surface area contributed by atoms with Crippen molar-refractivity contribution in [2.75, 3.05) is 5.73 Å². The van der Waals surface area contributed by atoms with Gasteiger partial charge in [0.1, 0.15) is 11.6 Å². The van der Waals surface area contributed by atoms with Gasteiger partial charge in [-0.3, -0.25) is 0 Å². The van der Waals surface area contributed by atoms with Gasteiger partial charge in [-0.15, -0.1) is 0 Å². The molecular formula is C16H23N3. The highest BCUT2D eigenvalue weighted by atomic mass is 15.0. The summed E-state index contributed by atoms with van der Waals surface area (Å²) in [5.74, 6) is 4.77. The van der Waals surface area contributed by atoms with Gasteiger partial charge in [0.05, 0.1) is 0 Å². The first-order valence-corrected chi connectivity index (χ1v) is 7.94. The molecule has 0 radical (unpaired) electrons. The van der Waals surface area contributed by atoms with Gasteiger partial charge in [-0.2, -0.15) is 0 Å². The summed E-state index contributed by atoms with van der Waals surface area (Å²) < 4.78 is 0. The Hall–Kier alpha value is -1.12. The van der Waals surface area contributed by atoms with Crippen molar-refractivity contribution in [2.45, 2.75) is 63.2 Å². The van der Waals surface area contributed by atoms with E-state index < -0.39 is 0 Å². The lowest BCUT2D eigenvalue weighted by molar-refractivity contribution is 0.404. The Morgan fingerprint density at radius 3 is 2.53 bits per heavy atom. The molecule has 3 fully saturated rings. The Morgan fingerprint density at radius 1 is 1.00 bits per heavy atom. The summed E-state index contributed by atoms with van der Waals surface area (Å²) >= 11 is 0. The van der Waals surface area contributed by atoms with E-state index in [1.165, 1.54) is 57.1 Å². The van der Waals surface area contributed by atoms with E-state index in [-0.39, 0.29) is 0 Å². The molecule has 1 aromatic rings. The third kappa shape index (κ3) is 2.03. The van der Waals surface area contributed by atoms with E-state index in [0.717, 1.165) is 17.7 Å². The molecule has 3 heteroatoms. The van der Waals surface area contributed by atoms with Crippen molar-refractivity contribution >= 4 is 5.82 Å². The number of nitrogens with two attached hydrogens (primary N) is 1. The molecule has 2 bridgehead atoms. The number of aromatic nitrogens is 2. The Morgan fingerprint density at radius 2 is 1.84 bits per heavy atom. The molecule has 1 heterocycles. The second-order valence-corrected chi connectivity index (χ2v) is 6.84. The lowest BCUT2D eigenvalue weighted by atomic mass is 9.88. The average Bonchev–Trinajstić information content (AvgIpc) is 3.15. The smallest absolute Gasteiger partial charge is 0.134 e. The summed E-state index contributed by atoms with van der Waals surface area (Å²) in [7, 11) is 0. The van der Waals surface area contributed by atoms with Crippen molar-refractivity contribution in [3.63, 3.8) is 0 Å². The van der Waals surface area contributed by atoms with Crippen LogP contribution in [0.25, 0.3) is 0 Å². The van der Waals surface area contributed by atoms with Crippen molar-refractivity contribution in [1.82, 2.24) is 9.97 Å². The summed E-state index contributed by atoms with van der Waals surface area (Å²) in [6.45, 7) is 0. The van der Waals surface area contributed by atoms with Crippen molar-refractivity contribution in [1.29, 1.82) is 0 Å². The minimum absolute atomic E-state index is 0.599. The van der Waals surface area contributed by atoms with E-state index >= 15 is 0 Å². The van der Waals surface area contributed by atoms with Gasteiger partial charge >= 0.3 is 0 Å². The Kier molecular flexibility index (Phi) is 2.75. The van der Waals surface area contributed by atoms with Crippen LogP contribution >= 0.6 is 0 Å². The van der Waals surface area contributed by atoms with E-state index in [1.54, 1.807) is 0 Å². The van der Waals surface area contributed by atoms with Crippen LogP contribution in [0.4, 0.5) is 5.82 Å². The van der Waals surface area contributed by atoms with Gasteiger partial charge in [0.25, 0.3) is 0 Å². The van der Waals surface area contributed by atoms with Crippen LogP contribution in [-0.4, -0.2) is 9.97 Å². The highest BCUT2D eigenvalue weighted by Gasteiger charge is 2.41. The number of hydrogen-bond donors (Lipinski definition) is 1. The van der Waals surface area contributed by atoms with Gasteiger partial charge in [-0.1, -0.05) is 19.3 Å². The highest BCUT2D eigenvalue weighted by Crippen LogP contribution is 2.52. The first kappa shape index (κ1) is 11.7. The summed E-state index contributed by atoms with van der Waals surface area (Å²) in [5.41, 5.74) is 7.27. The summed E-state index contributed by atoms with van der Waals surface area (Å²) in [5, 5.41) is 0. The van der Waals surface area contributed by atoms with Crippen LogP contribution < -0.4 is 5.73 Å². The van der Waals surface area contributed by atoms with Crippen LogP contribution in [0.1, 0.15) is 74.7 Å². The van der Waals surface area contributed by atoms with Gasteiger partial charge in [0.15, 0.2) is 0 Å². The normalized spacial score (nSPS) is 34.2. The molecule has 0 saturated heterocycles. The van der Waals surface area contributed by atoms with Crippen molar-refractivity contribution in [2.24, 2.45) is 11.8 Å². The molecule has 3 atom stereocenters. The fraction of sp³-hybridized carbons (Fsp3) is 0.750. The molecule has 0 spiro atoms. The molecule has 3 nitrogen and oxygen atoms in total. The van der Waals surface area contributed by atoms with Gasteiger partial charge in [-0.25, -0.2) is 9.97 Å². The monoisotopic (exact) mass is 257 g/mol. The number of fused-ring (bicyclic) bond motifs is 2. The van der Waals surface area contributed by atoms with Gasteiger partial charge in [-0.05, 0) is 43.9 Å². The van der Waals surface area contributed by atoms with Gasteiger partial charge in [0.2, 0.25) is 0 Å². The summed E-state index contributed by atoms with van der Waals surface area (Å²) in [6.07, 6.45) is 10.8. The Labute approximate surface area is 115 Å². The molecule has 1 aromatic heterocycles. The summed E-state index contributed by atoms with van der Waals surface area (Å²) in [4.78, 5) is 9.50. The fourth-order valence-electron chi connectivity index (χ4n) is 4.66. The lowest BCUT2D eigenvalue weighted by Crippen LogP contribution is -2.15. The third-order valence-electron chi connectivity index (χ3n) is 5.63. The molecule has 3 saturated carbocycles.